The van der Waals surface area contributed by atoms with Crippen LogP contribution >= 0.6 is 15.9 Å². The highest BCUT2D eigenvalue weighted by molar-refractivity contribution is 9.10. The van der Waals surface area contributed by atoms with Crippen LogP contribution in [0.5, 0.6) is 0 Å². The molecule has 1 saturated heterocycles. The molecule has 0 N–H and O–H groups in total. The lowest BCUT2D eigenvalue weighted by molar-refractivity contribution is -0.119. The number of ketones is 1. The average molecular weight is 324 g/mol. The molecule has 2 nitrogen and oxygen atoms in total. The lowest BCUT2D eigenvalue weighted by Gasteiger charge is -2.29. The number of nitrogens with zero attached hydrogens (tertiary/aromatic N) is 1. The lowest BCUT2D eigenvalue weighted by atomic mass is 10.0. The molecule has 1 aliphatic rings. The maximum absolute atomic E-state index is 11.8. The van der Waals surface area contributed by atoms with Crippen molar-refractivity contribution >= 4 is 21.7 Å². The van der Waals surface area contributed by atoms with Gasteiger partial charge in [0, 0.05) is 29.9 Å². The molecule has 104 valence electrons. The summed E-state index contributed by atoms with van der Waals surface area (Å²) >= 11 is 3.62. The smallest absolute Gasteiger partial charge is 0.134 e. The van der Waals surface area contributed by atoms with E-state index in [1.165, 1.54) is 10.0 Å². The lowest BCUT2D eigenvalue weighted by Crippen LogP contribution is -2.35. The van der Waals surface area contributed by atoms with Crippen molar-refractivity contribution in [1.29, 1.82) is 0 Å². The fraction of sp³-hybridized carbons (Fsp3) is 0.562. The van der Waals surface area contributed by atoms with E-state index in [4.69, 9.17) is 0 Å². The van der Waals surface area contributed by atoms with Crippen molar-refractivity contribution in [3.8, 4) is 0 Å². The van der Waals surface area contributed by atoms with Crippen molar-refractivity contribution in [2.45, 2.75) is 51.6 Å². The number of rotatable bonds is 4. The normalized spacial score (nSPS) is 21.4. The molecule has 0 saturated carbocycles. The Morgan fingerprint density at radius 3 is 2.89 bits per heavy atom. The summed E-state index contributed by atoms with van der Waals surface area (Å²) in [7, 11) is 0. The number of hydrogen-bond donors (Lipinski definition) is 0. The van der Waals surface area contributed by atoms with Gasteiger partial charge in [-0.3, -0.25) is 9.69 Å². The molecule has 0 amide bonds. The zero-order valence-electron chi connectivity index (χ0n) is 11.6. The van der Waals surface area contributed by atoms with Crippen LogP contribution in [0.2, 0.25) is 0 Å². The van der Waals surface area contributed by atoms with Gasteiger partial charge in [0.15, 0.2) is 0 Å². The minimum Gasteiger partial charge on any atom is -0.300 e. The largest absolute Gasteiger partial charge is 0.300 e. The first-order valence-electron chi connectivity index (χ1n) is 7.20. The Morgan fingerprint density at radius 2 is 2.16 bits per heavy atom. The van der Waals surface area contributed by atoms with E-state index in [2.05, 4.69) is 46.0 Å². The molecule has 1 aliphatic heterocycles. The van der Waals surface area contributed by atoms with Crippen molar-refractivity contribution in [3.63, 3.8) is 0 Å². The maximum atomic E-state index is 11.8. The van der Waals surface area contributed by atoms with E-state index in [0.717, 1.165) is 45.2 Å². The molecule has 2 rings (SSSR count). The molecule has 1 heterocycles. The summed E-state index contributed by atoms with van der Waals surface area (Å²) in [5.41, 5.74) is 1.32. The molecule has 0 aromatic heterocycles. The van der Waals surface area contributed by atoms with Crippen LogP contribution in [-0.4, -0.2) is 23.3 Å². The molecule has 1 aromatic rings. The highest BCUT2D eigenvalue weighted by Crippen LogP contribution is 2.24. The molecule has 0 radical (unpaired) electrons. The van der Waals surface area contributed by atoms with Crippen LogP contribution < -0.4 is 0 Å². The summed E-state index contributed by atoms with van der Waals surface area (Å²) in [5, 5.41) is 0. The molecule has 19 heavy (non-hydrogen) atoms. The summed E-state index contributed by atoms with van der Waals surface area (Å²) in [6.45, 7) is 4.18. The minimum atomic E-state index is 0.423. The van der Waals surface area contributed by atoms with Crippen LogP contribution in [-0.2, 0) is 11.3 Å². The van der Waals surface area contributed by atoms with E-state index in [-0.39, 0.29) is 0 Å². The standard InChI is InChI=1S/C16H22BrNO/c1-2-6-14-11-15(19)8-5-10-18(14)12-13-7-3-4-9-16(13)17/h3-4,7,9,14H,2,5-6,8,10-12H2,1H3. The highest BCUT2D eigenvalue weighted by Gasteiger charge is 2.24. The van der Waals surface area contributed by atoms with E-state index in [1.807, 2.05) is 6.07 Å². The van der Waals surface area contributed by atoms with Gasteiger partial charge in [-0.05, 0) is 31.0 Å². The third kappa shape index (κ3) is 4.15. The van der Waals surface area contributed by atoms with Crippen molar-refractivity contribution in [2.24, 2.45) is 0 Å². The van der Waals surface area contributed by atoms with Crippen LogP contribution in [0.3, 0.4) is 0 Å². The highest BCUT2D eigenvalue weighted by atomic mass is 79.9. The Labute approximate surface area is 124 Å². The van der Waals surface area contributed by atoms with Crippen molar-refractivity contribution < 1.29 is 4.79 Å². The number of carbonyl (C=O) groups is 1. The van der Waals surface area contributed by atoms with Gasteiger partial charge in [0.1, 0.15) is 5.78 Å². The Kier molecular flexibility index (Phi) is 5.59. The number of Topliss-reactive ketones (excluding diaryl/α,β-unsaturated/α-hetero) is 1. The fourth-order valence-electron chi connectivity index (χ4n) is 2.83. The summed E-state index contributed by atoms with van der Waals surface area (Å²) in [5.74, 6) is 0.438. The topological polar surface area (TPSA) is 20.3 Å². The minimum absolute atomic E-state index is 0.423. The molecule has 1 aromatic carbocycles. The molecule has 0 aliphatic carbocycles. The monoisotopic (exact) mass is 323 g/mol. The summed E-state index contributed by atoms with van der Waals surface area (Å²) in [6, 6.07) is 8.81. The predicted octanol–water partition coefficient (Wildman–Crippen LogP) is 4.17. The Morgan fingerprint density at radius 1 is 1.37 bits per heavy atom. The van der Waals surface area contributed by atoms with Crippen LogP contribution in [0.1, 0.15) is 44.6 Å². The first-order chi connectivity index (χ1) is 9.20. The van der Waals surface area contributed by atoms with Gasteiger partial charge in [0.25, 0.3) is 0 Å². The third-order valence-electron chi connectivity index (χ3n) is 3.83. The zero-order valence-corrected chi connectivity index (χ0v) is 13.2. The Balaban J connectivity index is 2.11. The van der Waals surface area contributed by atoms with Gasteiger partial charge < -0.3 is 0 Å². The first-order valence-corrected chi connectivity index (χ1v) is 7.99. The van der Waals surface area contributed by atoms with Crippen molar-refractivity contribution in [3.05, 3.63) is 34.3 Å². The van der Waals surface area contributed by atoms with Gasteiger partial charge >= 0.3 is 0 Å². The quantitative estimate of drug-likeness (QED) is 0.828. The second-order valence-electron chi connectivity index (χ2n) is 5.35. The molecular weight excluding hydrogens is 302 g/mol. The fourth-order valence-corrected chi connectivity index (χ4v) is 3.24. The van der Waals surface area contributed by atoms with Gasteiger partial charge in [0.2, 0.25) is 0 Å². The SMILES string of the molecule is CCCC1CC(=O)CCCN1Cc1ccccc1Br. The summed E-state index contributed by atoms with van der Waals surface area (Å²) in [4.78, 5) is 14.3. The van der Waals surface area contributed by atoms with Crippen molar-refractivity contribution in [1.82, 2.24) is 4.90 Å². The number of benzene rings is 1. The Bertz CT molecular complexity index is 433. The first kappa shape index (κ1) is 14.7. The van der Waals surface area contributed by atoms with E-state index < -0.39 is 0 Å². The van der Waals surface area contributed by atoms with E-state index >= 15 is 0 Å². The van der Waals surface area contributed by atoms with Crippen LogP contribution in [0.4, 0.5) is 0 Å². The molecule has 3 heteroatoms. The van der Waals surface area contributed by atoms with Gasteiger partial charge in [-0.25, -0.2) is 0 Å². The molecule has 0 bridgehead atoms. The van der Waals surface area contributed by atoms with Crippen LogP contribution in [0.25, 0.3) is 0 Å². The van der Waals surface area contributed by atoms with Gasteiger partial charge in [-0.15, -0.1) is 0 Å². The second kappa shape index (κ2) is 7.20. The second-order valence-corrected chi connectivity index (χ2v) is 6.21. The summed E-state index contributed by atoms with van der Waals surface area (Å²) < 4.78 is 1.17. The maximum Gasteiger partial charge on any atom is 0.134 e. The van der Waals surface area contributed by atoms with E-state index in [1.54, 1.807) is 0 Å². The third-order valence-corrected chi connectivity index (χ3v) is 4.61. The predicted molar refractivity (Wildman–Crippen MR) is 82.1 cm³/mol. The molecule has 0 spiro atoms. The number of hydrogen-bond acceptors (Lipinski definition) is 2. The van der Waals surface area contributed by atoms with E-state index in [9.17, 15) is 4.79 Å². The number of likely N-dealkylation sites (tertiary alicyclic amines) is 1. The number of halogens is 1. The number of carbonyl (C=O) groups excluding carboxylic acids is 1. The zero-order chi connectivity index (χ0) is 13.7. The van der Waals surface area contributed by atoms with Crippen LogP contribution in [0.15, 0.2) is 28.7 Å². The van der Waals surface area contributed by atoms with Crippen LogP contribution in [0, 0.1) is 0 Å². The molecular formula is C16H22BrNO. The van der Waals surface area contributed by atoms with Crippen molar-refractivity contribution in [2.75, 3.05) is 6.54 Å². The summed E-state index contributed by atoms with van der Waals surface area (Å²) in [6.07, 6.45) is 4.76. The van der Waals surface area contributed by atoms with Gasteiger partial charge in [-0.2, -0.15) is 0 Å². The molecule has 1 fully saturated rings. The Hall–Kier alpha value is -0.670. The average Bonchev–Trinajstić information content (AvgIpc) is 2.55. The van der Waals surface area contributed by atoms with Gasteiger partial charge in [0.05, 0.1) is 0 Å². The van der Waals surface area contributed by atoms with Gasteiger partial charge in [-0.1, -0.05) is 47.5 Å². The molecule has 1 unspecified atom stereocenters. The molecule has 1 atom stereocenters. The van der Waals surface area contributed by atoms with E-state index in [0.29, 0.717) is 11.8 Å².